The Kier molecular flexibility index (Phi) is 2.59. The van der Waals surface area contributed by atoms with Gasteiger partial charge in [-0.25, -0.2) is 9.67 Å². The minimum Gasteiger partial charge on any atom is -0.481 e. The number of aromatic nitrogens is 4. The lowest BCUT2D eigenvalue weighted by Crippen LogP contribution is -1.94. The highest BCUT2D eigenvalue weighted by atomic mass is 79.9. The van der Waals surface area contributed by atoms with Gasteiger partial charge in [0.05, 0.1) is 18.1 Å². The van der Waals surface area contributed by atoms with Gasteiger partial charge >= 0.3 is 0 Å². The summed E-state index contributed by atoms with van der Waals surface area (Å²) in [5, 5.41) is 4.36. The fourth-order valence-electron chi connectivity index (χ4n) is 1.86. The van der Waals surface area contributed by atoms with E-state index in [9.17, 15) is 0 Å². The molecule has 0 amide bonds. The molecule has 0 bridgehead atoms. The van der Waals surface area contributed by atoms with E-state index in [-0.39, 0.29) is 0 Å². The van der Waals surface area contributed by atoms with E-state index >= 15 is 0 Å². The van der Waals surface area contributed by atoms with Crippen LogP contribution in [0, 0.1) is 0 Å². The van der Waals surface area contributed by atoms with Gasteiger partial charge in [0.25, 0.3) is 0 Å². The van der Waals surface area contributed by atoms with Crippen molar-refractivity contribution in [2.24, 2.45) is 7.05 Å². The van der Waals surface area contributed by atoms with Gasteiger partial charge in [0, 0.05) is 17.6 Å². The smallest absolute Gasteiger partial charge is 0.211 e. The van der Waals surface area contributed by atoms with Crippen LogP contribution in [0.3, 0.4) is 0 Å². The highest BCUT2D eigenvalue weighted by molar-refractivity contribution is 9.10. The van der Waals surface area contributed by atoms with Gasteiger partial charge in [-0.15, -0.1) is 0 Å². The van der Waals surface area contributed by atoms with Crippen LogP contribution in [0.5, 0.6) is 5.88 Å². The van der Waals surface area contributed by atoms with Crippen molar-refractivity contribution in [3.63, 3.8) is 0 Å². The zero-order chi connectivity index (χ0) is 12.7. The minimum atomic E-state index is 0.701. The van der Waals surface area contributed by atoms with Crippen molar-refractivity contribution < 1.29 is 4.74 Å². The van der Waals surface area contributed by atoms with Crippen molar-refractivity contribution in [1.82, 2.24) is 19.7 Å². The second kappa shape index (κ2) is 4.13. The van der Waals surface area contributed by atoms with Gasteiger partial charge in [-0.1, -0.05) is 15.9 Å². The summed E-state index contributed by atoms with van der Waals surface area (Å²) in [6, 6.07) is 7.77. The zero-order valence-corrected chi connectivity index (χ0v) is 11.5. The third-order valence-corrected chi connectivity index (χ3v) is 3.23. The predicted molar refractivity (Wildman–Crippen MR) is 72.5 cm³/mol. The van der Waals surface area contributed by atoms with Crippen LogP contribution >= 0.6 is 15.9 Å². The summed E-state index contributed by atoms with van der Waals surface area (Å²) >= 11 is 3.44. The average molecular weight is 307 g/mol. The van der Waals surface area contributed by atoms with E-state index in [1.54, 1.807) is 11.8 Å². The van der Waals surface area contributed by atoms with E-state index in [1.165, 1.54) is 0 Å². The van der Waals surface area contributed by atoms with E-state index in [4.69, 9.17) is 4.74 Å². The van der Waals surface area contributed by atoms with Crippen LogP contribution in [0.2, 0.25) is 0 Å². The number of aryl methyl sites for hydroxylation is 1. The summed E-state index contributed by atoms with van der Waals surface area (Å²) < 4.78 is 7.89. The van der Waals surface area contributed by atoms with Crippen LogP contribution in [-0.4, -0.2) is 26.9 Å². The van der Waals surface area contributed by atoms with Crippen LogP contribution < -0.4 is 4.74 Å². The monoisotopic (exact) mass is 306 g/mol. The molecule has 0 unspecified atom stereocenters. The number of H-pyrrole nitrogens is 1. The molecular formula is C12H11BrN4O. The van der Waals surface area contributed by atoms with E-state index in [0.717, 1.165) is 27.0 Å². The highest BCUT2D eigenvalue weighted by Gasteiger charge is 2.11. The molecule has 0 spiro atoms. The molecule has 2 aromatic heterocycles. The molecule has 92 valence electrons. The maximum atomic E-state index is 5.19. The number of benzene rings is 1. The molecule has 0 saturated heterocycles. The molecule has 0 radical (unpaired) electrons. The average Bonchev–Trinajstić information content (AvgIpc) is 2.91. The predicted octanol–water partition coefficient (Wildman–Crippen LogP) is 2.73. The summed E-state index contributed by atoms with van der Waals surface area (Å²) in [5.74, 6) is 1.44. The lowest BCUT2D eigenvalue weighted by Gasteiger charge is -1.95. The first kappa shape index (κ1) is 11.3. The van der Waals surface area contributed by atoms with Crippen molar-refractivity contribution >= 4 is 27.0 Å². The third-order valence-electron chi connectivity index (χ3n) is 2.73. The van der Waals surface area contributed by atoms with Crippen molar-refractivity contribution in [3.8, 4) is 17.4 Å². The fraction of sp³-hybridized carbons (Fsp3) is 0.167. The molecule has 2 heterocycles. The number of halogens is 1. The SMILES string of the molecule is COc1cc(-c2nc3ccc(Br)cc3[nH]2)nn1C. The number of ether oxygens (including phenoxy) is 1. The van der Waals surface area contributed by atoms with Crippen LogP contribution in [0.25, 0.3) is 22.6 Å². The second-order valence-electron chi connectivity index (χ2n) is 3.94. The lowest BCUT2D eigenvalue weighted by atomic mass is 10.3. The quantitative estimate of drug-likeness (QED) is 0.792. The van der Waals surface area contributed by atoms with Gasteiger partial charge in [0.2, 0.25) is 5.88 Å². The molecule has 0 aliphatic heterocycles. The Balaban J connectivity index is 2.13. The maximum Gasteiger partial charge on any atom is 0.211 e. The van der Waals surface area contributed by atoms with Crippen molar-refractivity contribution in [3.05, 3.63) is 28.7 Å². The Hall–Kier alpha value is -1.82. The van der Waals surface area contributed by atoms with Gasteiger partial charge in [0.15, 0.2) is 5.82 Å². The minimum absolute atomic E-state index is 0.701. The number of methoxy groups -OCH3 is 1. The molecule has 5 nitrogen and oxygen atoms in total. The lowest BCUT2D eigenvalue weighted by molar-refractivity contribution is 0.373. The standard InChI is InChI=1S/C12H11BrN4O/c1-17-11(18-2)6-10(16-17)12-14-8-4-3-7(13)5-9(8)15-12/h3-6H,1-2H3,(H,14,15). The topological polar surface area (TPSA) is 55.7 Å². The number of aromatic amines is 1. The molecule has 0 aliphatic rings. The molecule has 0 fully saturated rings. The molecule has 0 atom stereocenters. The van der Waals surface area contributed by atoms with E-state index < -0.39 is 0 Å². The summed E-state index contributed by atoms with van der Waals surface area (Å²) in [6.45, 7) is 0. The molecule has 0 saturated carbocycles. The first-order chi connectivity index (χ1) is 8.67. The Morgan fingerprint density at radius 1 is 1.33 bits per heavy atom. The molecule has 6 heteroatoms. The summed E-state index contributed by atoms with van der Waals surface area (Å²) in [6.07, 6.45) is 0. The Bertz CT molecular complexity index is 716. The molecule has 1 N–H and O–H groups in total. The number of hydrogen-bond acceptors (Lipinski definition) is 3. The van der Waals surface area contributed by atoms with Crippen LogP contribution in [0.1, 0.15) is 0 Å². The second-order valence-corrected chi connectivity index (χ2v) is 4.86. The largest absolute Gasteiger partial charge is 0.481 e. The molecule has 3 rings (SSSR count). The maximum absolute atomic E-state index is 5.19. The number of fused-ring (bicyclic) bond motifs is 1. The third kappa shape index (κ3) is 1.78. The zero-order valence-electron chi connectivity index (χ0n) is 9.94. The van der Waals surface area contributed by atoms with Gasteiger partial charge in [-0.2, -0.15) is 5.10 Å². The molecule has 18 heavy (non-hydrogen) atoms. The molecule has 3 aromatic rings. The number of nitrogens with zero attached hydrogens (tertiary/aromatic N) is 3. The molecule has 1 aromatic carbocycles. The first-order valence-electron chi connectivity index (χ1n) is 5.41. The van der Waals surface area contributed by atoms with Crippen molar-refractivity contribution in [2.75, 3.05) is 7.11 Å². The number of rotatable bonds is 2. The van der Waals surface area contributed by atoms with Crippen LogP contribution in [0.15, 0.2) is 28.7 Å². The van der Waals surface area contributed by atoms with Crippen molar-refractivity contribution in [2.45, 2.75) is 0 Å². The normalized spacial score (nSPS) is 11.1. The highest BCUT2D eigenvalue weighted by Crippen LogP contribution is 2.24. The number of hydrogen-bond donors (Lipinski definition) is 1. The molecular weight excluding hydrogens is 296 g/mol. The van der Waals surface area contributed by atoms with E-state index in [0.29, 0.717) is 5.88 Å². The summed E-state index contributed by atoms with van der Waals surface area (Å²) in [7, 11) is 3.46. The van der Waals surface area contributed by atoms with Crippen LogP contribution in [0.4, 0.5) is 0 Å². The van der Waals surface area contributed by atoms with E-state index in [2.05, 4.69) is 31.0 Å². The van der Waals surface area contributed by atoms with Crippen molar-refractivity contribution in [1.29, 1.82) is 0 Å². The van der Waals surface area contributed by atoms with Gasteiger partial charge in [-0.3, -0.25) is 0 Å². The van der Waals surface area contributed by atoms with Gasteiger partial charge < -0.3 is 9.72 Å². The first-order valence-corrected chi connectivity index (χ1v) is 6.20. The van der Waals surface area contributed by atoms with Gasteiger partial charge in [0.1, 0.15) is 5.69 Å². The summed E-state index contributed by atoms with van der Waals surface area (Å²) in [5.41, 5.74) is 2.66. The molecule has 0 aliphatic carbocycles. The Labute approximate surface area is 112 Å². The van der Waals surface area contributed by atoms with Crippen LogP contribution in [-0.2, 0) is 7.05 Å². The Morgan fingerprint density at radius 3 is 2.89 bits per heavy atom. The van der Waals surface area contributed by atoms with E-state index in [1.807, 2.05) is 31.3 Å². The number of nitrogens with one attached hydrogen (secondary N) is 1. The fourth-order valence-corrected chi connectivity index (χ4v) is 2.22. The number of imidazole rings is 1. The summed E-state index contributed by atoms with van der Waals surface area (Å²) in [4.78, 5) is 7.75. The Morgan fingerprint density at radius 2 is 2.17 bits per heavy atom. The van der Waals surface area contributed by atoms with Gasteiger partial charge in [-0.05, 0) is 18.2 Å².